The maximum Gasteiger partial charge on any atom is 0.317 e. The van der Waals surface area contributed by atoms with E-state index in [2.05, 4.69) is 16.8 Å². The smallest absolute Gasteiger partial charge is 0.317 e. The standard InChI is InChI=1S/C27H32N4O3/c1-2-16-30-23-9-4-5-10-24(23)31(27(34)26(30)33)20-21-11-13-22(14-12-21)25(32)28-15-8-19-29-17-6-3-7-18-29/h2,4-5,9-14H,1,3,6-8,15-20H2,(H,28,32). The van der Waals surface area contributed by atoms with Crippen LogP contribution in [0, 0.1) is 0 Å². The minimum atomic E-state index is -0.573. The second-order valence-electron chi connectivity index (χ2n) is 8.79. The molecule has 3 aromatic rings. The molecule has 0 atom stereocenters. The van der Waals surface area contributed by atoms with Crippen LogP contribution in [0.3, 0.4) is 0 Å². The quantitative estimate of drug-likeness (QED) is 0.303. The Bertz CT molecular complexity index is 1270. The Kier molecular flexibility index (Phi) is 7.75. The summed E-state index contributed by atoms with van der Waals surface area (Å²) in [7, 11) is 0. The summed E-state index contributed by atoms with van der Waals surface area (Å²) in [4.78, 5) is 40.5. The molecule has 34 heavy (non-hydrogen) atoms. The summed E-state index contributed by atoms with van der Waals surface area (Å²) in [5, 5.41) is 2.99. The number of carbonyl (C=O) groups excluding carboxylic acids is 1. The molecule has 1 N–H and O–H groups in total. The normalized spacial score (nSPS) is 14.2. The molecule has 1 aliphatic rings. The van der Waals surface area contributed by atoms with Gasteiger partial charge in [0.05, 0.1) is 17.6 Å². The molecular formula is C27H32N4O3. The zero-order valence-electron chi connectivity index (χ0n) is 19.5. The van der Waals surface area contributed by atoms with Gasteiger partial charge in [0.25, 0.3) is 5.91 Å². The average Bonchev–Trinajstić information content (AvgIpc) is 2.88. The van der Waals surface area contributed by atoms with Gasteiger partial charge in [-0.25, -0.2) is 0 Å². The fraction of sp³-hybridized carbons (Fsp3) is 0.370. The van der Waals surface area contributed by atoms with E-state index in [-0.39, 0.29) is 19.0 Å². The molecule has 178 valence electrons. The molecule has 1 amide bonds. The molecule has 0 saturated carbocycles. The molecule has 0 spiro atoms. The van der Waals surface area contributed by atoms with Crippen molar-refractivity contribution in [3.8, 4) is 0 Å². The van der Waals surface area contributed by atoms with Gasteiger partial charge in [0.1, 0.15) is 0 Å². The lowest BCUT2D eigenvalue weighted by molar-refractivity contribution is 0.0951. The summed E-state index contributed by atoms with van der Waals surface area (Å²) in [6.07, 6.45) is 6.42. The van der Waals surface area contributed by atoms with Crippen molar-refractivity contribution >= 4 is 16.9 Å². The van der Waals surface area contributed by atoms with Gasteiger partial charge in [-0.1, -0.05) is 36.8 Å². The van der Waals surface area contributed by atoms with Crippen molar-refractivity contribution < 1.29 is 4.79 Å². The minimum absolute atomic E-state index is 0.0974. The Morgan fingerprint density at radius 3 is 2.24 bits per heavy atom. The summed E-state index contributed by atoms with van der Waals surface area (Å²) >= 11 is 0. The van der Waals surface area contributed by atoms with Crippen molar-refractivity contribution in [1.29, 1.82) is 0 Å². The van der Waals surface area contributed by atoms with E-state index in [9.17, 15) is 14.4 Å². The molecule has 0 aliphatic carbocycles. The summed E-state index contributed by atoms with van der Waals surface area (Å²) in [5.41, 5.74) is 1.65. The molecule has 1 aromatic heterocycles. The third kappa shape index (κ3) is 5.37. The molecule has 2 aromatic carbocycles. The average molecular weight is 461 g/mol. The number of hydrogen-bond acceptors (Lipinski definition) is 4. The van der Waals surface area contributed by atoms with Crippen LogP contribution in [0.1, 0.15) is 41.6 Å². The number of para-hydroxylation sites is 2. The summed E-state index contributed by atoms with van der Waals surface area (Å²) in [6.45, 7) is 8.22. The minimum Gasteiger partial charge on any atom is -0.352 e. The highest BCUT2D eigenvalue weighted by Crippen LogP contribution is 2.13. The lowest BCUT2D eigenvalue weighted by Crippen LogP contribution is -2.41. The molecule has 1 fully saturated rings. The maximum absolute atomic E-state index is 12.8. The highest BCUT2D eigenvalue weighted by molar-refractivity contribution is 5.94. The van der Waals surface area contributed by atoms with Crippen LogP contribution in [-0.2, 0) is 13.1 Å². The van der Waals surface area contributed by atoms with Gasteiger partial charge in [-0.3, -0.25) is 23.5 Å². The molecule has 7 nitrogen and oxygen atoms in total. The molecule has 1 saturated heterocycles. The molecule has 0 unspecified atom stereocenters. The van der Waals surface area contributed by atoms with Crippen LogP contribution in [0.4, 0.5) is 0 Å². The Morgan fingerprint density at radius 1 is 0.912 bits per heavy atom. The number of nitrogens with one attached hydrogen (secondary N) is 1. The monoisotopic (exact) mass is 460 g/mol. The van der Waals surface area contributed by atoms with E-state index in [1.165, 1.54) is 28.4 Å². The first-order valence-electron chi connectivity index (χ1n) is 12.0. The number of benzene rings is 2. The lowest BCUT2D eigenvalue weighted by atomic mass is 10.1. The molecule has 1 aliphatic heterocycles. The topological polar surface area (TPSA) is 76.3 Å². The summed E-state index contributed by atoms with van der Waals surface area (Å²) in [5.74, 6) is -0.0974. The van der Waals surface area contributed by atoms with Crippen molar-refractivity contribution in [3.63, 3.8) is 0 Å². The largest absolute Gasteiger partial charge is 0.352 e. The van der Waals surface area contributed by atoms with E-state index in [0.717, 1.165) is 31.6 Å². The van der Waals surface area contributed by atoms with Gasteiger partial charge in [0.15, 0.2) is 0 Å². The van der Waals surface area contributed by atoms with Crippen LogP contribution in [0.2, 0.25) is 0 Å². The Hall–Kier alpha value is -3.45. The lowest BCUT2D eigenvalue weighted by Gasteiger charge is -2.26. The van der Waals surface area contributed by atoms with Crippen LogP contribution in [0.5, 0.6) is 0 Å². The second-order valence-corrected chi connectivity index (χ2v) is 8.79. The Morgan fingerprint density at radius 2 is 1.56 bits per heavy atom. The number of amides is 1. The number of piperidine rings is 1. The predicted octanol–water partition coefficient (Wildman–Crippen LogP) is 3.00. The van der Waals surface area contributed by atoms with Gasteiger partial charge in [-0.05, 0) is 68.7 Å². The number of hydrogen-bond donors (Lipinski definition) is 1. The van der Waals surface area contributed by atoms with Crippen LogP contribution in [0.15, 0.2) is 70.8 Å². The van der Waals surface area contributed by atoms with E-state index in [1.807, 2.05) is 36.4 Å². The number of likely N-dealkylation sites (tertiary alicyclic amines) is 1. The van der Waals surface area contributed by atoms with Gasteiger partial charge in [-0.2, -0.15) is 0 Å². The number of nitrogens with zero attached hydrogens (tertiary/aromatic N) is 3. The van der Waals surface area contributed by atoms with E-state index in [0.29, 0.717) is 23.1 Å². The maximum atomic E-state index is 12.8. The molecule has 0 radical (unpaired) electrons. The van der Waals surface area contributed by atoms with E-state index < -0.39 is 11.1 Å². The fourth-order valence-electron chi connectivity index (χ4n) is 4.57. The third-order valence-corrected chi connectivity index (χ3v) is 6.39. The van der Waals surface area contributed by atoms with Gasteiger partial charge in [0, 0.05) is 18.7 Å². The van der Waals surface area contributed by atoms with Crippen molar-refractivity contribution in [1.82, 2.24) is 19.4 Å². The van der Waals surface area contributed by atoms with Crippen LogP contribution in [-0.4, -0.2) is 46.1 Å². The summed E-state index contributed by atoms with van der Waals surface area (Å²) < 4.78 is 2.94. The third-order valence-electron chi connectivity index (χ3n) is 6.39. The Balaban J connectivity index is 1.43. The van der Waals surface area contributed by atoms with Crippen LogP contribution < -0.4 is 16.4 Å². The number of carbonyl (C=O) groups is 1. The van der Waals surface area contributed by atoms with Gasteiger partial charge in [-0.15, -0.1) is 6.58 Å². The number of rotatable bonds is 9. The van der Waals surface area contributed by atoms with Crippen LogP contribution >= 0.6 is 0 Å². The Labute approximate surface area is 199 Å². The first-order chi connectivity index (χ1) is 16.6. The SMILES string of the molecule is C=CCn1c(=O)c(=O)n(Cc2ccc(C(=O)NCCCN3CCCCC3)cc2)c2ccccc21. The van der Waals surface area contributed by atoms with Crippen LogP contribution in [0.25, 0.3) is 11.0 Å². The van der Waals surface area contributed by atoms with E-state index in [4.69, 9.17) is 0 Å². The van der Waals surface area contributed by atoms with Crippen molar-refractivity contribution in [2.75, 3.05) is 26.2 Å². The van der Waals surface area contributed by atoms with Gasteiger partial charge < -0.3 is 10.2 Å². The number of allylic oxidation sites excluding steroid dienone is 1. The number of aromatic nitrogens is 2. The molecular weight excluding hydrogens is 428 g/mol. The first kappa shape index (κ1) is 23.7. The van der Waals surface area contributed by atoms with E-state index in [1.54, 1.807) is 18.2 Å². The second kappa shape index (κ2) is 11.1. The van der Waals surface area contributed by atoms with Crippen molar-refractivity contribution in [2.24, 2.45) is 0 Å². The molecule has 4 rings (SSSR count). The van der Waals surface area contributed by atoms with Crippen molar-refractivity contribution in [3.05, 3.63) is 93.0 Å². The van der Waals surface area contributed by atoms with Gasteiger partial charge in [0.2, 0.25) is 0 Å². The first-order valence-corrected chi connectivity index (χ1v) is 12.0. The number of fused-ring (bicyclic) bond motifs is 1. The molecule has 0 bridgehead atoms. The fourth-order valence-corrected chi connectivity index (χ4v) is 4.57. The predicted molar refractivity (Wildman–Crippen MR) is 135 cm³/mol. The molecule has 7 heteroatoms. The zero-order chi connectivity index (χ0) is 23.9. The zero-order valence-corrected chi connectivity index (χ0v) is 19.5. The van der Waals surface area contributed by atoms with E-state index >= 15 is 0 Å². The highest BCUT2D eigenvalue weighted by Gasteiger charge is 2.13. The molecule has 2 heterocycles. The highest BCUT2D eigenvalue weighted by atomic mass is 16.2. The van der Waals surface area contributed by atoms with Gasteiger partial charge >= 0.3 is 11.1 Å². The van der Waals surface area contributed by atoms with Crippen molar-refractivity contribution in [2.45, 2.75) is 38.8 Å². The summed E-state index contributed by atoms with van der Waals surface area (Å²) in [6, 6.07) is 14.5.